The van der Waals surface area contributed by atoms with Crippen molar-refractivity contribution in [1.82, 2.24) is 9.91 Å². The first kappa shape index (κ1) is 23.1. The summed E-state index contributed by atoms with van der Waals surface area (Å²) in [5.74, 6) is -0.347. The second kappa shape index (κ2) is 10.4. The Bertz CT molecular complexity index is 570. The summed E-state index contributed by atoms with van der Waals surface area (Å²) in [5, 5.41) is 5.54. The number of alkyl halides is 3. The predicted octanol–water partition coefficient (Wildman–Crippen LogP) is 2.65. The molecule has 27 heavy (non-hydrogen) atoms. The van der Waals surface area contributed by atoms with Crippen LogP contribution in [-0.4, -0.2) is 73.9 Å². The van der Waals surface area contributed by atoms with Gasteiger partial charge in [0.1, 0.15) is 6.04 Å². The van der Waals surface area contributed by atoms with Crippen LogP contribution in [0.5, 0.6) is 0 Å². The molecule has 1 fully saturated rings. The van der Waals surface area contributed by atoms with Crippen LogP contribution in [0, 0.1) is 5.92 Å². The van der Waals surface area contributed by atoms with Crippen molar-refractivity contribution >= 4 is 18.0 Å². The van der Waals surface area contributed by atoms with Crippen molar-refractivity contribution in [2.24, 2.45) is 11.0 Å². The normalized spacial score (nSPS) is 17.5. The van der Waals surface area contributed by atoms with Crippen molar-refractivity contribution in [3.8, 4) is 0 Å². The van der Waals surface area contributed by atoms with Gasteiger partial charge in [0.2, 0.25) is 0 Å². The monoisotopic (exact) mass is 391 g/mol. The summed E-state index contributed by atoms with van der Waals surface area (Å²) in [7, 11) is 2.78. The fourth-order valence-corrected chi connectivity index (χ4v) is 2.65. The van der Waals surface area contributed by atoms with Gasteiger partial charge in [-0.15, -0.1) is 0 Å². The van der Waals surface area contributed by atoms with Gasteiger partial charge in [0.15, 0.2) is 6.29 Å². The summed E-state index contributed by atoms with van der Waals surface area (Å²) in [5.41, 5.74) is -1.20. The van der Waals surface area contributed by atoms with E-state index in [1.807, 2.05) is 13.8 Å². The van der Waals surface area contributed by atoms with Crippen LogP contribution >= 0.6 is 0 Å². The molecule has 0 amide bonds. The summed E-state index contributed by atoms with van der Waals surface area (Å²) in [6.45, 7) is 6.18. The summed E-state index contributed by atoms with van der Waals surface area (Å²) in [4.78, 5) is 25.0. The minimum absolute atomic E-state index is 0.0986. The Labute approximate surface area is 158 Å². The molecule has 1 aliphatic rings. The van der Waals surface area contributed by atoms with Crippen LogP contribution in [0.2, 0.25) is 0 Å². The van der Waals surface area contributed by atoms with E-state index in [2.05, 4.69) is 10.0 Å². The second-order valence-corrected chi connectivity index (χ2v) is 6.99. The topological polar surface area (TPSA) is 62.2 Å². The lowest BCUT2D eigenvalue weighted by molar-refractivity contribution is -0.147. The number of ether oxygens (including phenoxy) is 1. The SMILES string of the molecule is COC(=O)C(CC(C)C)N(C)/N=C(\C=C(/C=O)C(F)(F)F)CCN1CCC1. The third-order valence-electron chi connectivity index (χ3n) is 4.31. The molecular formula is C18H28F3N3O3. The molecule has 0 saturated carbocycles. The number of methoxy groups -OCH3 is 1. The average molecular weight is 391 g/mol. The zero-order chi connectivity index (χ0) is 20.6. The van der Waals surface area contributed by atoms with Gasteiger partial charge in [-0.3, -0.25) is 9.80 Å². The number of hydrazone groups is 1. The largest absolute Gasteiger partial charge is 0.467 e. The molecule has 0 spiro atoms. The minimum atomic E-state index is -4.75. The van der Waals surface area contributed by atoms with E-state index in [4.69, 9.17) is 4.74 Å². The number of likely N-dealkylation sites (N-methyl/N-ethyl adjacent to an activating group) is 1. The third-order valence-corrected chi connectivity index (χ3v) is 4.31. The van der Waals surface area contributed by atoms with Gasteiger partial charge in [-0.25, -0.2) is 4.79 Å². The molecule has 0 aromatic carbocycles. The highest BCUT2D eigenvalue weighted by Crippen LogP contribution is 2.24. The van der Waals surface area contributed by atoms with Gasteiger partial charge >= 0.3 is 12.1 Å². The van der Waals surface area contributed by atoms with Gasteiger partial charge in [0.25, 0.3) is 0 Å². The summed E-state index contributed by atoms with van der Waals surface area (Å²) in [6, 6.07) is -0.715. The molecule has 6 nitrogen and oxygen atoms in total. The molecule has 1 atom stereocenters. The van der Waals surface area contributed by atoms with Crippen molar-refractivity contribution in [3.05, 3.63) is 11.6 Å². The van der Waals surface area contributed by atoms with Crippen molar-refractivity contribution in [3.63, 3.8) is 0 Å². The maximum atomic E-state index is 13.0. The molecule has 1 heterocycles. The lowest BCUT2D eigenvalue weighted by atomic mass is 10.0. The smallest absolute Gasteiger partial charge is 0.419 e. The quantitative estimate of drug-likeness (QED) is 0.188. The maximum absolute atomic E-state index is 13.0. The molecule has 0 aliphatic carbocycles. The summed E-state index contributed by atoms with van der Waals surface area (Å²) in [6.07, 6.45) is -2.47. The van der Waals surface area contributed by atoms with Crippen molar-refractivity contribution in [1.29, 1.82) is 0 Å². The molecule has 0 radical (unpaired) electrons. The van der Waals surface area contributed by atoms with Crippen molar-refractivity contribution in [2.45, 2.75) is 45.3 Å². The lowest BCUT2D eigenvalue weighted by Crippen LogP contribution is -2.39. The molecular weight excluding hydrogens is 363 g/mol. The van der Waals surface area contributed by atoms with Crippen LogP contribution in [0.3, 0.4) is 0 Å². The Morgan fingerprint density at radius 2 is 1.96 bits per heavy atom. The van der Waals surface area contributed by atoms with Crippen LogP contribution in [0.25, 0.3) is 0 Å². The highest BCUT2D eigenvalue weighted by atomic mass is 19.4. The van der Waals surface area contributed by atoms with Gasteiger partial charge in [0.05, 0.1) is 18.4 Å². The van der Waals surface area contributed by atoms with Crippen LogP contribution < -0.4 is 0 Å². The number of rotatable bonds is 10. The number of halogens is 3. The molecule has 1 rings (SSSR count). The molecule has 9 heteroatoms. The van der Waals surface area contributed by atoms with Crippen molar-refractivity contribution in [2.75, 3.05) is 33.8 Å². The van der Waals surface area contributed by atoms with E-state index >= 15 is 0 Å². The highest BCUT2D eigenvalue weighted by molar-refractivity contribution is 5.99. The van der Waals surface area contributed by atoms with Crippen LogP contribution in [0.15, 0.2) is 16.8 Å². The molecule has 0 aromatic rings. The van der Waals surface area contributed by atoms with Crippen LogP contribution in [-0.2, 0) is 14.3 Å². The Morgan fingerprint density at radius 1 is 1.33 bits per heavy atom. The number of nitrogens with zero attached hydrogens (tertiary/aromatic N) is 3. The third kappa shape index (κ3) is 7.70. The minimum Gasteiger partial charge on any atom is -0.467 e. The second-order valence-electron chi connectivity index (χ2n) is 6.99. The summed E-state index contributed by atoms with van der Waals surface area (Å²) >= 11 is 0. The number of carbonyl (C=O) groups is 2. The van der Waals surface area contributed by atoms with E-state index in [-0.39, 0.29) is 24.3 Å². The Kier molecular flexibility index (Phi) is 8.95. The van der Waals surface area contributed by atoms with Gasteiger partial charge in [-0.2, -0.15) is 18.3 Å². The maximum Gasteiger partial charge on any atom is 0.419 e. The fraction of sp³-hybridized carbons (Fsp3) is 0.722. The van der Waals surface area contributed by atoms with Crippen LogP contribution in [0.1, 0.15) is 33.1 Å². The van der Waals surface area contributed by atoms with Gasteiger partial charge in [0, 0.05) is 20.0 Å². The Balaban J connectivity index is 3.10. The first-order chi connectivity index (χ1) is 12.6. The molecule has 1 saturated heterocycles. The zero-order valence-corrected chi connectivity index (χ0v) is 16.3. The first-order valence-electron chi connectivity index (χ1n) is 8.93. The standard InChI is InChI=1S/C18H28F3N3O3/c1-13(2)10-16(17(26)27-4)23(3)22-15(6-9-24-7-5-8-24)11-14(12-25)18(19,20)21/h11-13,16H,5-10H2,1-4H3/b14-11+,22-15-. The molecule has 1 unspecified atom stereocenters. The van der Waals surface area contributed by atoms with Gasteiger partial charge in [-0.1, -0.05) is 13.8 Å². The number of esters is 1. The van der Waals surface area contributed by atoms with E-state index in [0.29, 0.717) is 13.0 Å². The van der Waals surface area contributed by atoms with Crippen molar-refractivity contribution < 1.29 is 27.5 Å². The van der Waals surface area contributed by atoms with Gasteiger partial charge < -0.3 is 9.64 Å². The number of carbonyl (C=O) groups excluding carboxylic acids is 2. The molecule has 0 N–H and O–H groups in total. The lowest BCUT2D eigenvalue weighted by Gasteiger charge is -2.31. The number of hydrogen-bond acceptors (Lipinski definition) is 6. The number of allylic oxidation sites excluding steroid dienone is 2. The van der Waals surface area contributed by atoms with E-state index < -0.39 is 23.8 Å². The number of likely N-dealkylation sites (tertiary alicyclic amines) is 1. The van der Waals surface area contributed by atoms with E-state index in [1.54, 1.807) is 0 Å². The number of hydrogen-bond donors (Lipinski definition) is 0. The van der Waals surface area contributed by atoms with E-state index in [0.717, 1.165) is 25.6 Å². The fourth-order valence-electron chi connectivity index (χ4n) is 2.65. The molecule has 0 aromatic heterocycles. The Hall–Kier alpha value is -1.90. The summed E-state index contributed by atoms with van der Waals surface area (Å²) < 4.78 is 43.7. The molecule has 154 valence electrons. The van der Waals surface area contributed by atoms with E-state index in [1.165, 1.54) is 19.2 Å². The first-order valence-corrected chi connectivity index (χ1v) is 8.93. The highest BCUT2D eigenvalue weighted by Gasteiger charge is 2.34. The van der Waals surface area contributed by atoms with Crippen LogP contribution in [0.4, 0.5) is 13.2 Å². The zero-order valence-electron chi connectivity index (χ0n) is 16.3. The molecule has 1 aliphatic heterocycles. The van der Waals surface area contributed by atoms with E-state index in [9.17, 15) is 22.8 Å². The average Bonchev–Trinajstić information content (AvgIpc) is 2.53. The Morgan fingerprint density at radius 3 is 2.37 bits per heavy atom. The molecule has 0 bridgehead atoms. The number of aldehydes is 1. The van der Waals surface area contributed by atoms with Gasteiger partial charge in [-0.05, 0) is 37.9 Å². The predicted molar refractivity (Wildman–Crippen MR) is 96.3 cm³/mol.